The standard InChI is InChI=1S/C29H41Cl2N3O3Si/c1-29(2,3)38(4,5)37-23-18-24(30)28(31)26(20-23)34-15-13-33(14-16-34)12-6-7-17-36-22-10-8-21-9-11-27(35)32-25(21)19-22/h8,10,18-20H,6-7,9,11-17H2,1-5H3,(H,32,35). The molecule has 6 nitrogen and oxygen atoms in total. The number of carbonyl (C=O) groups is 1. The van der Waals surface area contributed by atoms with Crippen molar-refractivity contribution in [2.75, 3.05) is 49.5 Å². The van der Waals surface area contributed by atoms with E-state index in [1.165, 1.54) is 5.56 Å². The Labute approximate surface area is 238 Å². The van der Waals surface area contributed by atoms with Gasteiger partial charge in [0.2, 0.25) is 14.2 Å². The highest BCUT2D eigenvalue weighted by Crippen LogP contribution is 2.42. The van der Waals surface area contributed by atoms with E-state index < -0.39 is 8.32 Å². The SMILES string of the molecule is CC(C)(C)[Si](C)(C)Oc1cc(Cl)c(Cl)c(N2CCN(CCCCOc3ccc4c(c3)NC(=O)CC4)CC2)c1. The van der Waals surface area contributed by atoms with Crippen LogP contribution in [-0.4, -0.2) is 58.5 Å². The van der Waals surface area contributed by atoms with E-state index in [1.54, 1.807) is 0 Å². The summed E-state index contributed by atoms with van der Waals surface area (Å²) in [5, 5.41) is 4.18. The maximum Gasteiger partial charge on any atom is 0.250 e. The van der Waals surface area contributed by atoms with Crippen LogP contribution in [0.4, 0.5) is 11.4 Å². The van der Waals surface area contributed by atoms with Gasteiger partial charge in [-0.15, -0.1) is 0 Å². The van der Waals surface area contributed by atoms with Crippen molar-refractivity contribution in [3.63, 3.8) is 0 Å². The minimum absolute atomic E-state index is 0.0762. The fraction of sp³-hybridized carbons (Fsp3) is 0.552. The number of ether oxygens (including phenoxy) is 1. The first-order valence-electron chi connectivity index (χ1n) is 13.6. The molecule has 2 aromatic rings. The lowest BCUT2D eigenvalue weighted by molar-refractivity contribution is -0.116. The second-order valence-electron chi connectivity index (χ2n) is 11.9. The van der Waals surface area contributed by atoms with Gasteiger partial charge in [-0.1, -0.05) is 50.0 Å². The van der Waals surface area contributed by atoms with Crippen molar-refractivity contribution in [3.05, 3.63) is 45.9 Å². The molecule has 0 atom stereocenters. The van der Waals surface area contributed by atoms with Gasteiger partial charge in [-0.25, -0.2) is 0 Å². The van der Waals surface area contributed by atoms with E-state index >= 15 is 0 Å². The minimum atomic E-state index is -1.98. The quantitative estimate of drug-likeness (QED) is 0.251. The van der Waals surface area contributed by atoms with Crippen molar-refractivity contribution in [2.24, 2.45) is 0 Å². The minimum Gasteiger partial charge on any atom is -0.543 e. The normalized spacial score (nSPS) is 16.7. The molecule has 2 heterocycles. The van der Waals surface area contributed by atoms with Gasteiger partial charge in [0.15, 0.2) is 0 Å². The van der Waals surface area contributed by atoms with Crippen molar-refractivity contribution in [1.29, 1.82) is 0 Å². The first-order chi connectivity index (χ1) is 17.9. The molecule has 0 radical (unpaired) electrons. The van der Waals surface area contributed by atoms with Gasteiger partial charge < -0.3 is 19.4 Å². The van der Waals surface area contributed by atoms with Crippen LogP contribution in [0.2, 0.25) is 28.2 Å². The number of nitrogens with zero attached hydrogens (tertiary/aromatic N) is 2. The number of anilines is 2. The lowest BCUT2D eigenvalue weighted by Crippen LogP contribution is -2.47. The van der Waals surface area contributed by atoms with Gasteiger partial charge in [0, 0.05) is 50.4 Å². The first kappa shape index (κ1) is 29.1. The van der Waals surface area contributed by atoms with Gasteiger partial charge in [-0.3, -0.25) is 9.69 Å². The fourth-order valence-corrected chi connectivity index (χ4v) is 6.01. The second kappa shape index (κ2) is 12.1. The summed E-state index contributed by atoms with van der Waals surface area (Å²) in [5.41, 5.74) is 3.02. The summed E-state index contributed by atoms with van der Waals surface area (Å²) in [5.74, 6) is 1.70. The summed E-state index contributed by atoms with van der Waals surface area (Å²) in [6.45, 7) is 16.7. The monoisotopic (exact) mass is 577 g/mol. The highest BCUT2D eigenvalue weighted by Gasteiger charge is 2.39. The molecular weight excluding hydrogens is 537 g/mol. The third-order valence-electron chi connectivity index (χ3n) is 7.99. The molecule has 9 heteroatoms. The lowest BCUT2D eigenvalue weighted by atomic mass is 10.0. The smallest absolute Gasteiger partial charge is 0.250 e. The fourth-order valence-electron chi connectivity index (χ4n) is 4.57. The summed E-state index contributed by atoms with van der Waals surface area (Å²) in [4.78, 5) is 16.5. The zero-order valence-electron chi connectivity index (χ0n) is 23.3. The van der Waals surface area contributed by atoms with Crippen LogP contribution in [0.3, 0.4) is 0 Å². The summed E-state index contributed by atoms with van der Waals surface area (Å²) < 4.78 is 12.5. The molecule has 1 fully saturated rings. The largest absolute Gasteiger partial charge is 0.543 e. The summed E-state index contributed by atoms with van der Waals surface area (Å²) in [6.07, 6.45) is 3.41. The summed E-state index contributed by atoms with van der Waals surface area (Å²) in [7, 11) is -1.98. The number of hydrogen-bond acceptors (Lipinski definition) is 5. The number of carbonyl (C=O) groups excluding carboxylic acids is 1. The Hall–Kier alpha value is -1.93. The Bertz CT molecular complexity index is 1140. The number of halogens is 2. The van der Waals surface area contributed by atoms with Crippen LogP contribution < -0.4 is 19.4 Å². The number of rotatable bonds is 9. The summed E-state index contributed by atoms with van der Waals surface area (Å²) >= 11 is 13.2. The van der Waals surface area contributed by atoms with Crippen LogP contribution in [0.25, 0.3) is 0 Å². The Morgan fingerprint density at radius 2 is 1.71 bits per heavy atom. The Morgan fingerprint density at radius 1 is 0.974 bits per heavy atom. The van der Waals surface area contributed by atoms with Gasteiger partial charge in [0.1, 0.15) is 11.5 Å². The molecule has 1 N–H and O–H groups in total. The Kier molecular flexibility index (Phi) is 9.23. The molecule has 2 aliphatic rings. The van der Waals surface area contributed by atoms with Gasteiger partial charge in [-0.05, 0) is 61.6 Å². The van der Waals surface area contributed by atoms with Crippen molar-refractivity contribution in [2.45, 2.75) is 64.6 Å². The van der Waals surface area contributed by atoms with E-state index in [0.29, 0.717) is 23.1 Å². The van der Waals surface area contributed by atoms with Crippen LogP contribution in [0.5, 0.6) is 11.5 Å². The molecule has 208 valence electrons. The third kappa shape index (κ3) is 7.17. The number of nitrogens with one attached hydrogen (secondary N) is 1. The maximum absolute atomic E-state index is 11.6. The van der Waals surface area contributed by atoms with Gasteiger partial charge in [-0.2, -0.15) is 0 Å². The number of amides is 1. The average molecular weight is 579 g/mol. The van der Waals surface area contributed by atoms with E-state index in [0.717, 1.165) is 74.9 Å². The number of hydrogen-bond donors (Lipinski definition) is 1. The Morgan fingerprint density at radius 3 is 2.42 bits per heavy atom. The van der Waals surface area contributed by atoms with E-state index in [9.17, 15) is 4.79 Å². The highest BCUT2D eigenvalue weighted by molar-refractivity contribution is 6.74. The predicted octanol–water partition coefficient (Wildman–Crippen LogP) is 7.24. The highest BCUT2D eigenvalue weighted by atomic mass is 35.5. The van der Waals surface area contributed by atoms with Crippen molar-refractivity contribution in [1.82, 2.24) is 4.90 Å². The molecule has 0 spiro atoms. The zero-order chi connectivity index (χ0) is 27.5. The number of benzene rings is 2. The Balaban J connectivity index is 1.23. The molecule has 1 amide bonds. The van der Waals surface area contributed by atoms with E-state index in [2.05, 4.69) is 61.1 Å². The molecule has 4 rings (SSSR count). The molecule has 0 saturated carbocycles. The number of piperazine rings is 1. The van der Waals surface area contributed by atoms with Crippen molar-refractivity contribution >= 4 is 48.8 Å². The van der Waals surface area contributed by atoms with Crippen LogP contribution in [0.15, 0.2) is 30.3 Å². The molecule has 0 aliphatic carbocycles. The van der Waals surface area contributed by atoms with E-state index in [1.807, 2.05) is 18.2 Å². The molecule has 38 heavy (non-hydrogen) atoms. The van der Waals surface area contributed by atoms with Crippen LogP contribution in [0, 0.1) is 0 Å². The molecule has 1 saturated heterocycles. The zero-order valence-corrected chi connectivity index (χ0v) is 25.8. The van der Waals surface area contributed by atoms with Gasteiger partial charge in [0.05, 0.1) is 22.3 Å². The van der Waals surface area contributed by atoms with Crippen LogP contribution in [0.1, 0.15) is 45.6 Å². The number of unbranched alkanes of at least 4 members (excludes halogenated alkanes) is 1. The number of aryl methyl sites for hydroxylation is 1. The topological polar surface area (TPSA) is 54.0 Å². The second-order valence-corrected chi connectivity index (χ2v) is 17.4. The number of fused-ring (bicyclic) bond motifs is 1. The lowest BCUT2D eigenvalue weighted by Gasteiger charge is -2.38. The third-order valence-corrected chi connectivity index (χ3v) is 13.1. The van der Waals surface area contributed by atoms with E-state index in [-0.39, 0.29) is 10.9 Å². The predicted molar refractivity (Wildman–Crippen MR) is 161 cm³/mol. The molecule has 0 unspecified atom stereocenters. The van der Waals surface area contributed by atoms with Gasteiger partial charge in [0.25, 0.3) is 0 Å². The molecule has 2 aromatic carbocycles. The molecule has 0 aromatic heterocycles. The van der Waals surface area contributed by atoms with Crippen LogP contribution in [-0.2, 0) is 11.2 Å². The van der Waals surface area contributed by atoms with Crippen LogP contribution >= 0.6 is 23.2 Å². The molecule has 0 bridgehead atoms. The van der Waals surface area contributed by atoms with Crippen molar-refractivity contribution < 1.29 is 14.0 Å². The molecular formula is C29H41Cl2N3O3Si. The van der Waals surface area contributed by atoms with Gasteiger partial charge >= 0.3 is 0 Å². The average Bonchev–Trinajstić information content (AvgIpc) is 2.85. The molecule has 2 aliphatic heterocycles. The van der Waals surface area contributed by atoms with E-state index in [4.69, 9.17) is 32.4 Å². The maximum atomic E-state index is 11.6. The summed E-state index contributed by atoms with van der Waals surface area (Å²) in [6, 6.07) is 9.91. The first-order valence-corrected chi connectivity index (χ1v) is 17.3. The van der Waals surface area contributed by atoms with Crippen molar-refractivity contribution in [3.8, 4) is 11.5 Å².